The Balaban J connectivity index is 2.09. The van der Waals surface area contributed by atoms with Gasteiger partial charge in [0, 0.05) is 4.47 Å². The van der Waals surface area contributed by atoms with Crippen molar-refractivity contribution in [3.05, 3.63) is 70.2 Å². The Morgan fingerprint density at radius 3 is 2.40 bits per heavy atom. The maximum Gasteiger partial charge on any atom is 0.267 e. The average molecular weight is 335 g/mol. The summed E-state index contributed by atoms with van der Waals surface area (Å²) in [5.41, 5.74) is 3.89. The standard InChI is InChI=1S/C15H15BrN2O2/c16-13-8-6-11(7-9-13)10-20-14(15(19)18-17)12-4-2-1-3-5-12/h1-9,14H,10,17H2,(H,18,19). The van der Waals surface area contributed by atoms with Crippen molar-refractivity contribution in [2.24, 2.45) is 5.84 Å². The fourth-order valence-electron chi connectivity index (χ4n) is 1.79. The molecule has 0 fully saturated rings. The van der Waals surface area contributed by atoms with Crippen LogP contribution in [-0.2, 0) is 16.1 Å². The summed E-state index contributed by atoms with van der Waals surface area (Å²) in [6.45, 7) is 0.334. The number of hydrazine groups is 1. The second kappa shape index (κ2) is 7.19. The zero-order chi connectivity index (χ0) is 14.4. The number of amides is 1. The number of ether oxygens (including phenoxy) is 1. The molecule has 1 unspecified atom stereocenters. The van der Waals surface area contributed by atoms with E-state index in [0.29, 0.717) is 6.61 Å². The predicted molar refractivity (Wildman–Crippen MR) is 80.4 cm³/mol. The minimum absolute atomic E-state index is 0.334. The Labute approximate surface area is 126 Å². The molecule has 0 heterocycles. The van der Waals surface area contributed by atoms with Crippen LogP contribution in [0.2, 0.25) is 0 Å². The molecule has 0 aliphatic carbocycles. The van der Waals surface area contributed by atoms with Crippen LogP contribution in [0.15, 0.2) is 59.1 Å². The third kappa shape index (κ3) is 3.90. The number of hydrogen-bond acceptors (Lipinski definition) is 3. The van der Waals surface area contributed by atoms with Crippen molar-refractivity contribution in [2.45, 2.75) is 12.7 Å². The van der Waals surface area contributed by atoms with Crippen molar-refractivity contribution in [2.75, 3.05) is 0 Å². The lowest BCUT2D eigenvalue weighted by atomic mass is 10.1. The number of nitrogens with one attached hydrogen (secondary N) is 1. The van der Waals surface area contributed by atoms with Crippen LogP contribution in [-0.4, -0.2) is 5.91 Å². The number of nitrogens with two attached hydrogens (primary N) is 1. The maximum absolute atomic E-state index is 11.8. The lowest BCUT2D eigenvalue weighted by Gasteiger charge is -2.16. The van der Waals surface area contributed by atoms with E-state index in [1.54, 1.807) is 0 Å². The Kier molecular flexibility index (Phi) is 5.29. The van der Waals surface area contributed by atoms with Crippen LogP contribution in [0.1, 0.15) is 17.2 Å². The van der Waals surface area contributed by atoms with E-state index >= 15 is 0 Å². The van der Waals surface area contributed by atoms with E-state index in [2.05, 4.69) is 21.4 Å². The van der Waals surface area contributed by atoms with Gasteiger partial charge in [-0.25, -0.2) is 5.84 Å². The quantitative estimate of drug-likeness (QED) is 0.502. The molecule has 104 valence electrons. The molecule has 0 radical (unpaired) electrons. The smallest absolute Gasteiger partial charge is 0.267 e. The Bertz CT molecular complexity index is 558. The zero-order valence-electron chi connectivity index (χ0n) is 10.8. The number of carbonyl (C=O) groups excluding carboxylic acids is 1. The van der Waals surface area contributed by atoms with Gasteiger partial charge in [0.15, 0.2) is 6.10 Å². The molecule has 0 aliphatic rings. The lowest BCUT2D eigenvalue weighted by molar-refractivity contribution is -0.134. The summed E-state index contributed by atoms with van der Waals surface area (Å²) >= 11 is 3.38. The number of hydrogen-bond donors (Lipinski definition) is 2. The van der Waals surface area contributed by atoms with Gasteiger partial charge in [0.05, 0.1) is 6.61 Å². The molecule has 2 aromatic rings. The molecule has 0 bridgehead atoms. The number of halogens is 1. The van der Waals surface area contributed by atoms with Crippen LogP contribution < -0.4 is 11.3 Å². The highest BCUT2D eigenvalue weighted by Gasteiger charge is 2.20. The second-order valence-corrected chi connectivity index (χ2v) is 5.15. The van der Waals surface area contributed by atoms with Gasteiger partial charge in [-0.15, -0.1) is 0 Å². The van der Waals surface area contributed by atoms with E-state index in [0.717, 1.165) is 15.6 Å². The number of benzene rings is 2. The molecule has 0 aromatic heterocycles. The molecule has 0 aliphatic heterocycles. The molecular weight excluding hydrogens is 320 g/mol. The van der Waals surface area contributed by atoms with Crippen molar-refractivity contribution < 1.29 is 9.53 Å². The second-order valence-electron chi connectivity index (χ2n) is 4.24. The van der Waals surface area contributed by atoms with Crippen molar-refractivity contribution in [3.8, 4) is 0 Å². The molecule has 3 N–H and O–H groups in total. The fraction of sp³-hybridized carbons (Fsp3) is 0.133. The van der Waals surface area contributed by atoms with E-state index in [9.17, 15) is 4.79 Å². The highest BCUT2D eigenvalue weighted by molar-refractivity contribution is 9.10. The molecule has 0 spiro atoms. The molecule has 5 heteroatoms. The molecule has 20 heavy (non-hydrogen) atoms. The molecule has 2 aromatic carbocycles. The molecule has 2 rings (SSSR count). The van der Waals surface area contributed by atoms with Gasteiger partial charge in [0.1, 0.15) is 0 Å². The van der Waals surface area contributed by atoms with Crippen LogP contribution in [0.5, 0.6) is 0 Å². The van der Waals surface area contributed by atoms with Crippen LogP contribution in [0.4, 0.5) is 0 Å². The fourth-order valence-corrected chi connectivity index (χ4v) is 2.05. The zero-order valence-corrected chi connectivity index (χ0v) is 12.3. The van der Waals surface area contributed by atoms with Crippen molar-refractivity contribution in [1.82, 2.24) is 5.43 Å². The van der Waals surface area contributed by atoms with E-state index in [4.69, 9.17) is 10.6 Å². The first-order valence-corrected chi connectivity index (χ1v) is 6.91. The summed E-state index contributed by atoms with van der Waals surface area (Å²) in [4.78, 5) is 11.8. The Hall–Kier alpha value is -1.69. The molecular formula is C15H15BrN2O2. The van der Waals surface area contributed by atoms with Gasteiger partial charge in [-0.05, 0) is 23.3 Å². The predicted octanol–water partition coefficient (Wildman–Crippen LogP) is 2.70. The highest BCUT2D eigenvalue weighted by Crippen LogP contribution is 2.20. The van der Waals surface area contributed by atoms with Gasteiger partial charge < -0.3 is 4.74 Å². The van der Waals surface area contributed by atoms with Gasteiger partial charge in [-0.2, -0.15) is 0 Å². The first-order chi connectivity index (χ1) is 9.70. The minimum Gasteiger partial charge on any atom is -0.359 e. The van der Waals surface area contributed by atoms with Crippen molar-refractivity contribution in [1.29, 1.82) is 0 Å². The topological polar surface area (TPSA) is 64.3 Å². The Morgan fingerprint density at radius 2 is 1.80 bits per heavy atom. The van der Waals surface area contributed by atoms with Crippen LogP contribution >= 0.6 is 15.9 Å². The van der Waals surface area contributed by atoms with Crippen LogP contribution in [0.25, 0.3) is 0 Å². The van der Waals surface area contributed by atoms with Crippen LogP contribution in [0.3, 0.4) is 0 Å². The van der Waals surface area contributed by atoms with E-state index in [1.165, 1.54) is 0 Å². The summed E-state index contributed by atoms with van der Waals surface area (Å²) < 4.78 is 6.70. The van der Waals surface area contributed by atoms with E-state index < -0.39 is 6.10 Å². The van der Waals surface area contributed by atoms with Crippen LogP contribution in [0, 0.1) is 0 Å². The normalized spacial score (nSPS) is 11.9. The minimum atomic E-state index is -0.718. The van der Waals surface area contributed by atoms with Crippen molar-refractivity contribution in [3.63, 3.8) is 0 Å². The summed E-state index contributed by atoms with van der Waals surface area (Å²) in [5.74, 6) is 4.85. The van der Waals surface area contributed by atoms with Gasteiger partial charge in [-0.1, -0.05) is 58.4 Å². The average Bonchev–Trinajstić information content (AvgIpc) is 2.50. The van der Waals surface area contributed by atoms with Gasteiger partial charge in [0.25, 0.3) is 5.91 Å². The first-order valence-electron chi connectivity index (χ1n) is 6.12. The molecule has 0 saturated heterocycles. The SMILES string of the molecule is NNC(=O)C(OCc1ccc(Br)cc1)c1ccccc1. The first kappa shape index (κ1) is 14.7. The summed E-state index contributed by atoms with van der Waals surface area (Å²) in [6.07, 6.45) is -0.718. The highest BCUT2D eigenvalue weighted by atomic mass is 79.9. The third-order valence-corrected chi connectivity index (χ3v) is 3.34. The van der Waals surface area contributed by atoms with E-state index in [-0.39, 0.29) is 5.91 Å². The Morgan fingerprint density at radius 1 is 1.15 bits per heavy atom. The molecule has 4 nitrogen and oxygen atoms in total. The largest absolute Gasteiger partial charge is 0.359 e. The van der Waals surface area contributed by atoms with Crippen molar-refractivity contribution >= 4 is 21.8 Å². The monoisotopic (exact) mass is 334 g/mol. The number of carbonyl (C=O) groups is 1. The van der Waals surface area contributed by atoms with E-state index in [1.807, 2.05) is 54.6 Å². The van der Waals surface area contributed by atoms with Gasteiger partial charge in [-0.3, -0.25) is 10.2 Å². The third-order valence-electron chi connectivity index (χ3n) is 2.81. The molecule has 1 amide bonds. The number of rotatable bonds is 5. The summed E-state index contributed by atoms with van der Waals surface area (Å²) in [7, 11) is 0. The molecule has 0 saturated carbocycles. The van der Waals surface area contributed by atoms with Gasteiger partial charge >= 0.3 is 0 Å². The molecule has 1 atom stereocenters. The maximum atomic E-state index is 11.8. The summed E-state index contributed by atoms with van der Waals surface area (Å²) in [5, 5.41) is 0. The lowest BCUT2D eigenvalue weighted by Crippen LogP contribution is -2.35. The van der Waals surface area contributed by atoms with Gasteiger partial charge in [0.2, 0.25) is 0 Å². The summed E-state index contributed by atoms with van der Waals surface area (Å²) in [6, 6.07) is 17.0.